The zero-order valence-electron chi connectivity index (χ0n) is 8.83. The van der Waals surface area contributed by atoms with Crippen LogP contribution in [0.4, 0.5) is 0 Å². The van der Waals surface area contributed by atoms with Gasteiger partial charge in [-0.3, -0.25) is 0 Å². The minimum absolute atomic E-state index is 0.102. The van der Waals surface area contributed by atoms with E-state index in [1.165, 1.54) is 0 Å². The molecular weight excluding hydrogens is 164 g/mol. The molecule has 2 nitrogen and oxygen atoms in total. The Balaban J connectivity index is 0. The summed E-state index contributed by atoms with van der Waals surface area (Å²) in [5.74, 6) is 0. The minimum Gasteiger partial charge on any atom is -0.393 e. The van der Waals surface area contributed by atoms with Gasteiger partial charge in [-0.25, -0.2) is 0 Å². The molecule has 0 aromatic heterocycles. The van der Waals surface area contributed by atoms with Crippen LogP contribution in [0.5, 0.6) is 0 Å². The molecule has 0 saturated heterocycles. The maximum Gasteiger partial charge on any atom is 0.0649 e. The van der Waals surface area contributed by atoms with Gasteiger partial charge >= 0.3 is 0 Å². The van der Waals surface area contributed by atoms with E-state index >= 15 is 0 Å². The van der Waals surface area contributed by atoms with Gasteiger partial charge in [0.1, 0.15) is 0 Å². The Morgan fingerprint density at radius 3 is 1.92 bits per heavy atom. The van der Waals surface area contributed by atoms with E-state index in [1.807, 2.05) is 6.92 Å². The SMILES string of the molecule is C=CCOCC=C.CCCC(C)O. The van der Waals surface area contributed by atoms with Crippen molar-refractivity contribution in [2.24, 2.45) is 0 Å². The number of ether oxygens (including phenoxy) is 1. The van der Waals surface area contributed by atoms with Crippen molar-refractivity contribution in [1.82, 2.24) is 0 Å². The van der Waals surface area contributed by atoms with Gasteiger partial charge < -0.3 is 9.84 Å². The highest BCUT2D eigenvalue weighted by atomic mass is 16.5. The van der Waals surface area contributed by atoms with Crippen LogP contribution >= 0.6 is 0 Å². The summed E-state index contributed by atoms with van der Waals surface area (Å²) in [5, 5.41) is 8.55. The number of hydrogen-bond donors (Lipinski definition) is 1. The van der Waals surface area contributed by atoms with Gasteiger partial charge in [0, 0.05) is 0 Å². The highest BCUT2D eigenvalue weighted by Gasteiger charge is 1.87. The van der Waals surface area contributed by atoms with Crippen LogP contribution < -0.4 is 0 Å². The Morgan fingerprint density at radius 2 is 1.77 bits per heavy atom. The van der Waals surface area contributed by atoms with E-state index in [4.69, 9.17) is 9.84 Å². The Hall–Kier alpha value is -0.600. The molecule has 0 aliphatic carbocycles. The summed E-state index contributed by atoms with van der Waals surface area (Å²) in [6.45, 7) is 12.1. The highest BCUT2D eigenvalue weighted by Crippen LogP contribution is 1.91. The molecule has 0 aliphatic rings. The molecule has 0 aromatic rings. The van der Waals surface area contributed by atoms with E-state index < -0.39 is 0 Å². The van der Waals surface area contributed by atoms with Crippen molar-refractivity contribution in [3.8, 4) is 0 Å². The third-order valence-corrected chi connectivity index (χ3v) is 1.18. The third kappa shape index (κ3) is 24.6. The van der Waals surface area contributed by atoms with Gasteiger partial charge in [0.2, 0.25) is 0 Å². The summed E-state index contributed by atoms with van der Waals surface area (Å²) in [6.07, 6.45) is 5.33. The topological polar surface area (TPSA) is 29.5 Å². The van der Waals surface area contributed by atoms with Crippen LogP contribution in [0, 0.1) is 0 Å². The van der Waals surface area contributed by atoms with Gasteiger partial charge in [-0.2, -0.15) is 0 Å². The molecule has 1 N–H and O–H groups in total. The quantitative estimate of drug-likeness (QED) is 0.510. The highest BCUT2D eigenvalue weighted by molar-refractivity contribution is 4.68. The second-order valence-electron chi connectivity index (χ2n) is 2.75. The maximum atomic E-state index is 8.55. The first-order valence-electron chi connectivity index (χ1n) is 4.66. The van der Waals surface area contributed by atoms with Gasteiger partial charge in [0.15, 0.2) is 0 Å². The van der Waals surface area contributed by atoms with Crippen molar-refractivity contribution < 1.29 is 9.84 Å². The van der Waals surface area contributed by atoms with E-state index in [9.17, 15) is 0 Å². The van der Waals surface area contributed by atoms with Crippen LogP contribution in [-0.4, -0.2) is 24.4 Å². The standard InChI is InChI=1S/C6H10O.C5H12O/c1-3-5-7-6-4-2;1-3-4-5(2)6/h3-4H,1-2,5-6H2;5-6H,3-4H2,1-2H3. The van der Waals surface area contributed by atoms with Crippen molar-refractivity contribution in [2.45, 2.75) is 32.8 Å². The molecule has 0 radical (unpaired) electrons. The zero-order chi connectivity index (χ0) is 10.5. The molecule has 1 atom stereocenters. The summed E-state index contributed by atoms with van der Waals surface area (Å²) >= 11 is 0. The molecule has 0 amide bonds. The Kier molecular flexibility index (Phi) is 16.0. The van der Waals surface area contributed by atoms with Crippen molar-refractivity contribution >= 4 is 0 Å². The lowest BCUT2D eigenvalue weighted by Gasteiger charge is -1.95. The predicted octanol–water partition coefficient (Wildman–Crippen LogP) is 2.54. The lowest BCUT2D eigenvalue weighted by molar-refractivity contribution is 0.183. The summed E-state index contributed by atoms with van der Waals surface area (Å²) in [7, 11) is 0. The van der Waals surface area contributed by atoms with Crippen LogP contribution in [0.3, 0.4) is 0 Å². The molecule has 13 heavy (non-hydrogen) atoms. The Bertz CT molecular complexity index is 101. The van der Waals surface area contributed by atoms with Gasteiger partial charge in [0.05, 0.1) is 19.3 Å². The summed E-state index contributed by atoms with van der Waals surface area (Å²) in [4.78, 5) is 0. The van der Waals surface area contributed by atoms with Gasteiger partial charge in [-0.1, -0.05) is 25.5 Å². The number of aliphatic hydroxyl groups excluding tert-OH is 1. The average molecular weight is 186 g/mol. The second-order valence-corrected chi connectivity index (χ2v) is 2.75. The first kappa shape index (κ1) is 14.9. The van der Waals surface area contributed by atoms with Crippen LogP contribution in [0.1, 0.15) is 26.7 Å². The summed E-state index contributed by atoms with van der Waals surface area (Å²) in [5.41, 5.74) is 0. The van der Waals surface area contributed by atoms with E-state index in [-0.39, 0.29) is 6.10 Å². The largest absolute Gasteiger partial charge is 0.393 e. The first-order chi connectivity index (χ1) is 6.18. The van der Waals surface area contributed by atoms with E-state index in [2.05, 4.69) is 20.1 Å². The normalized spacial score (nSPS) is 11.0. The van der Waals surface area contributed by atoms with Crippen LogP contribution in [-0.2, 0) is 4.74 Å². The molecule has 1 unspecified atom stereocenters. The number of rotatable bonds is 6. The molecule has 0 bridgehead atoms. The van der Waals surface area contributed by atoms with Crippen LogP contribution in [0.25, 0.3) is 0 Å². The van der Waals surface area contributed by atoms with Crippen molar-refractivity contribution in [1.29, 1.82) is 0 Å². The fourth-order valence-electron chi connectivity index (χ4n) is 0.652. The van der Waals surface area contributed by atoms with Crippen LogP contribution in [0.15, 0.2) is 25.3 Å². The van der Waals surface area contributed by atoms with Crippen molar-refractivity contribution in [3.05, 3.63) is 25.3 Å². The lowest BCUT2D eigenvalue weighted by atomic mass is 10.2. The summed E-state index contributed by atoms with van der Waals surface area (Å²) < 4.78 is 4.90. The number of aliphatic hydroxyl groups is 1. The van der Waals surface area contributed by atoms with Gasteiger partial charge in [-0.05, 0) is 13.3 Å². The molecule has 0 saturated carbocycles. The predicted molar refractivity (Wildman–Crippen MR) is 57.8 cm³/mol. The molecule has 0 aromatic carbocycles. The first-order valence-corrected chi connectivity index (χ1v) is 4.66. The molecule has 78 valence electrons. The fraction of sp³-hybridized carbons (Fsp3) is 0.636. The molecule has 0 spiro atoms. The van der Waals surface area contributed by atoms with E-state index in [1.54, 1.807) is 12.2 Å². The molecule has 2 heteroatoms. The van der Waals surface area contributed by atoms with Crippen LogP contribution in [0.2, 0.25) is 0 Å². The maximum absolute atomic E-state index is 8.55. The molecule has 0 rings (SSSR count). The second kappa shape index (κ2) is 14.0. The smallest absolute Gasteiger partial charge is 0.0649 e. The van der Waals surface area contributed by atoms with Crippen molar-refractivity contribution in [3.63, 3.8) is 0 Å². The Morgan fingerprint density at radius 1 is 1.31 bits per heavy atom. The van der Waals surface area contributed by atoms with E-state index in [0.29, 0.717) is 13.2 Å². The third-order valence-electron chi connectivity index (χ3n) is 1.18. The molecule has 0 fully saturated rings. The molecular formula is C11H22O2. The van der Waals surface area contributed by atoms with Crippen molar-refractivity contribution in [2.75, 3.05) is 13.2 Å². The molecule has 0 heterocycles. The van der Waals surface area contributed by atoms with Gasteiger partial charge in [0.25, 0.3) is 0 Å². The fourth-order valence-corrected chi connectivity index (χ4v) is 0.652. The zero-order valence-corrected chi connectivity index (χ0v) is 8.83. The lowest BCUT2D eigenvalue weighted by Crippen LogP contribution is -1.95. The van der Waals surface area contributed by atoms with Gasteiger partial charge in [-0.15, -0.1) is 13.2 Å². The summed E-state index contributed by atoms with van der Waals surface area (Å²) in [6, 6.07) is 0. The average Bonchev–Trinajstić information content (AvgIpc) is 2.06. The molecule has 0 aliphatic heterocycles. The minimum atomic E-state index is -0.102. The Labute approximate surface area is 81.9 Å². The monoisotopic (exact) mass is 186 g/mol. The number of hydrogen-bond acceptors (Lipinski definition) is 2. The van der Waals surface area contributed by atoms with E-state index in [0.717, 1.165) is 12.8 Å².